The summed E-state index contributed by atoms with van der Waals surface area (Å²) in [5, 5.41) is 3.09. The fraction of sp³-hybridized carbons (Fsp3) is 0.304. The minimum absolute atomic E-state index is 0.0820. The average Bonchev–Trinajstić information content (AvgIpc) is 3.20. The number of nitrogens with one attached hydrogen (secondary N) is 1. The van der Waals surface area contributed by atoms with Gasteiger partial charge in [0, 0.05) is 31.9 Å². The van der Waals surface area contributed by atoms with Gasteiger partial charge in [0.15, 0.2) is 0 Å². The smallest absolute Gasteiger partial charge is 0.220 e. The molecule has 0 aliphatic carbocycles. The van der Waals surface area contributed by atoms with Gasteiger partial charge in [0.2, 0.25) is 5.91 Å². The molecule has 0 spiro atoms. The van der Waals surface area contributed by atoms with Gasteiger partial charge < -0.3 is 24.1 Å². The Morgan fingerprint density at radius 3 is 2.37 bits per heavy atom. The number of aromatic nitrogens is 2. The Kier molecular flexibility index (Phi) is 7.32. The summed E-state index contributed by atoms with van der Waals surface area (Å²) < 4.78 is 18.3. The summed E-state index contributed by atoms with van der Waals surface area (Å²) in [6.45, 7) is 0.470. The average molecular weight is 409 g/mol. The van der Waals surface area contributed by atoms with Crippen LogP contribution in [-0.4, -0.2) is 36.3 Å². The maximum Gasteiger partial charge on any atom is 0.220 e. The maximum absolute atomic E-state index is 12.7. The maximum atomic E-state index is 12.7. The van der Waals surface area contributed by atoms with Gasteiger partial charge in [0.25, 0.3) is 0 Å². The number of para-hydroxylation sites is 1. The number of nitrogens with zero attached hydrogens (tertiary/aromatic N) is 2. The SMILES string of the molecule is COc1cc(OC)cc(C(NC(=O)CCCOc2ccccc2)c2nccn2C)c1. The molecule has 2 aromatic carbocycles. The van der Waals surface area contributed by atoms with Gasteiger partial charge in [-0.15, -0.1) is 0 Å². The van der Waals surface area contributed by atoms with E-state index in [0.29, 0.717) is 30.9 Å². The van der Waals surface area contributed by atoms with E-state index in [-0.39, 0.29) is 5.91 Å². The van der Waals surface area contributed by atoms with Gasteiger partial charge in [-0.2, -0.15) is 0 Å². The van der Waals surface area contributed by atoms with E-state index < -0.39 is 6.04 Å². The summed E-state index contributed by atoms with van der Waals surface area (Å²) in [5.41, 5.74) is 0.828. The Balaban J connectivity index is 1.69. The van der Waals surface area contributed by atoms with Crippen LogP contribution in [0.25, 0.3) is 0 Å². The molecule has 1 aromatic heterocycles. The monoisotopic (exact) mass is 409 g/mol. The Hall–Kier alpha value is -3.48. The molecule has 1 N–H and O–H groups in total. The molecule has 3 rings (SSSR count). The molecule has 7 nitrogen and oxygen atoms in total. The van der Waals surface area contributed by atoms with Crippen molar-refractivity contribution >= 4 is 5.91 Å². The highest BCUT2D eigenvalue weighted by atomic mass is 16.5. The summed E-state index contributed by atoms with van der Waals surface area (Å²) >= 11 is 0. The number of aryl methyl sites for hydroxylation is 1. The van der Waals surface area contributed by atoms with Gasteiger partial charge in [0.05, 0.1) is 20.8 Å². The number of benzene rings is 2. The van der Waals surface area contributed by atoms with Crippen molar-refractivity contribution in [2.75, 3.05) is 20.8 Å². The van der Waals surface area contributed by atoms with Crippen molar-refractivity contribution in [2.24, 2.45) is 7.05 Å². The van der Waals surface area contributed by atoms with Gasteiger partial charge in [-0.05, 0) is 36.2 Å². The van der Waals surface area contributed by atoms with Crippen LogP contribution in [0.2, 0.25) is 0 Å². The molecule has 1 heterocycles. The van der Waals surface area contributed by atoms with Gasteiger partial charge in [-0.25, -0.2) is 4.98 Å². The van der Waals surface area contributed by atoms with Crippen LogP contribution in [0.4, 0.5) is 0 Å². The highest BCUT2D eigenvalue weighted by molar-refractivity contribution is 5.76. The first-order valence-electron chi connectivity index (χ1n) is 9.78. The molecule has 1 atom stereocenters. The van der Waals surface area contributed by atoms with E-state index in [4.69, 9.17) is 14.2 Å². The zero-order valence-corrected chi connectivity index (χ0v) is 17.5. The topological polar surface area (TPSA) is 74.6 Å². The Morgan fingerprint density at radius 2 is 1.77 bits per heavy atom. The normalized spacial score (nSPS) is 11.6. The minimum atomic E-state index is -0.434. The molecule has 0 radical (unpaired) electrons. The van der Waals surface area contributed by atoms with Gasteiger partial charge in [0.1, 0.15) is 29.1 Å². The number of amides is 1. The van der Waals surface area contributed by atoms with Crippen molar-refractivity contribution in [1.82, 2.24) is 14.9 Å². The van der Waals surface area contributed by atoms with Crippen LogP contribution >= 0.6 is 0 Å². The van der Waals surface area contributed by atoms with Crippen molar-refractivity contribution in [3.63, 3.8) is 0 Å². The first-order valence-corrected chi connectivity index (χ1v) is 9.78. The van der Waals surface area contributed by atoms with Crippen molar-refractivity contribution in [1.29, 1.82) is 0 Å². The highest BCUT2D eigenvalue weighted by Crippen LogP contribution is 2.29. The summed E-state index contributed by atoms with van der Waals surface area (Å²) in [6.07, 6.45) is 4.50. The second kappa shape index (κ2) is 10.3. The van der Waals surface area contributed by atoms with Crippen LogP contribution in [0.15, 0.2) is 60.9 Å². The molecule has 7 heteroatoms. The zero-order valence-electron chi connectivity index (χ0n) is 17.5. The van der Waals surface area contributed by atoms with Crippen LogP contribution in [0.1, 0.15) is 30.3 Å². The molecule has 158 valence electrons. The first-order chi connectivity index (χ1) is 14.6. The number of imidazole rings is 1. The van der Waals surface area contributed by atoms with Gasteiger partial charge in [-0.3, -0.25) is 4.79 Å². The van der Waals surface area contributed by atoms with E-state index >= 15 is 0 Å². The number of carbonyl (C=O) groups excluding carboxylic acids is 1. The lowest BCUT2D eigenvalue weighted by molar-refractivity contribution is -0.121. The zero-order chi connectivity index (χ0) is 21.3. The lowest BCUT2D eigenvalue weighted by Gasteiger charge is -2.20. The third-order valence-electron chi connectivity index (χ3n) is 4.69. The van der Waals surface area contributed by atoms with E-state index in [1.54, 1.807) is 26.5 Å². The fourth-order valence-corrected chi connectivity index (χ4v) is 3.12. The lowest BCUT2D eigenvalue weighted by Crippen LogP contribution is -2.31. The van der Waals surface area contributed by atoms with E-state index in [2.05, 4.69) is 10.3 Å². The van der Waals surface area contributed by atoms with Crippen molar-refractivity contribution < 1.29 is 19.0 Å². The largest absolute Gasteiger partial charge is 0.497 e. The first kappa shape index (κ1) is 21.2. The van der Waals surface area contributed by atoms with E-state index in [1.807, 2.05) is 60.3 Å². The van der Waals surface area contributed by atoms with Crippen LogP contribution in [0.3, 0.4) is 0 Å². The molecule has 1 amide bonds. The minimum Gasteiger partial charge on any atom is -0.497 e. The molecule has 3 aromatic rings. The third-order valence-corrected chi connectivity index (χ3v) is 4.69. The molecule has 0 aliphatic rings. The lowest BCUT2D eigenvalue weighted by atomic mass is 10.0. The molecule has 1 unspecified atom stereocenters. The van der Waals surface area contributed by atoms with E-state index in [1.165, 1.54) is 0 Å². The number of methoxy groups -OCH3 is 2. The standard InChI is InChI=1S/C23H27N3O4/c1-26-12-11-24-23(26)22(17-14-19(28-2)16-20(15-17)29-3)25-21(27)10-7-13-30-18-8-5-4-6-9-18/h4-6,8-9,11-12,14-16,22H,7,10,13H2,1-3H3,(H,25,27). The molecule has 0 saturated heterocycles. The van der Waals surface area contributed by atoms with Crippen LogP contribution in [0, 0.1) is 0 Å². The second-order valence-electron chi connectivity index (χ2n) is 6.81. The van der Waals surface area contributed by atoms with Gasteiger partial charge in [-0.1, -0.05) is 18.2 Å². The van der Waals surface area contributed by atoms with E-state index in [9.17, 15) is 4.79 Å². The third kappa shape index (κ3) is 5.53. The quantitative estimate of drug-likeness (QED) is 0.519. The van der Waals surface area contributed by atoms with Crippen molar-refractivity contribution in [3.8, 4) is 17.2 Å². The summed E-state index contributed by atoms with van der Waals surface area (Å²) in [5.74, 6) is 2.73. The molecule has 0 saturated carbocycles. The predicted molar refractivity (Wildman–Crippen MR) is 114 cm³/mol. The van der Waals surface area contributed by atoms with E-state index in [0.717, 1.165) is 17.1 Å². The molecule has 30 heavy (non-hydrogen) atoms. The fourth-order valence-electron chi connectivity index (χ4n) is 3.12. The predicted octanol–water partition coefficient (Wildman–Crippen LogP) is 3.50. The number of hydrogen-bond acceptors (Lipinski definition) is 5. The Bertz CT molecular complexity index is 934. The highest BCUT2D eigenvalue weighted by Gasteiger charge is 2.22. The van der Waals surface area contributed by atoms with Crippen molar-refractivity contribution in [3.05, 3.63) is 72.3 Å². The second-order valence-corrected chi connectivity index (χ2v) is 6.81. The van der Waals surface area contributed by atoms with Crippen molar-refractivity contribution in [2.45, 2.75) is 18.9 Å². The number of ether oxygens (including phenoxy) is 3. The Morgan fingerprint density at radius 1 is 1.07 bits per heavy atom. The summed E-state index contributed by atoms with van der Waals surface area (Å²) in [4.78, 5) is 17.1. The molecular formula is C23H27N3O4. The molecule has 0 bridgehead atoms. The molecule has 0 aliphatic heterocycles. The number of carbonyl (C=O) groups is 1. The van der Waals surface area contributed by atoms with Crippen LogP contribution < -0.4 is 19.5 Å². The summed E-state index contributed by atoms with van der Waals surface area (Å²) in [6, 6.07) is 14.7. The van der Waals surface area contributed by atoms with Crippen LogP contribution in [0.5, 0.6) is 17.2 Å². The van der Waals surface area contributed by atoms with Gasteiger partial charge >= 0.3 is 0 Å². The molecule has 0 fully saturated rings. The summed E-state index contributed by atoms with van der Waals surface area (Å²) in [7, 11) is 5.09. The Labute approximate surface area is 176 Å². The number of rotatable bonds is 10. The molecular weight excluding hydrogens is 382 g/mol. The van der Waals surface area contributed by atoms with Crippen LogP contribution in [-0.2, 0) is 11.8 Å². The number of hydrogen-bond donors (Lipinski definition) is 1.